The van der Waals surface area contributed by atoms with E-state index in [2.05, 4.69) is 63.0 Å². The molecule has 2 aromatic heterocycles. The van der Waals surface area contributed by atoms with E-state index in [9.17, 15) is 9.59 Å². The van der Waals surface area contributed by atoms with Gasteiger partial charge in [0.05, 0.1) is 48.0 Å². The van der Waals surface area contributed by atoms with Crippen LogP contribution in [-0.4, -0.2) is 35.9 Å². The van der Waals surface area contributed by atoms with Crippen molar-refractivity contribution in [1.82, 2.24) is 9.13 Å². The summed E-state index contributed by atoms with van der Waals surface area (Å²) < 4.78 is 22.1. The second-order valence-corrected chi connectivity index (χ2v) is 13.7. The number of benzene rings is 4. The van der Waals surface area contributed by atoms with E-state index >= 15 is 0 Å². The van der Waals surface area contributed by atoms with Gasteiger partial charge < -0.3 is 18.8 Å². The van der Waals surface area contributed by atoms with Gasteiger partial charge in [-0.05, 0) is 79.6 Å². The van der Waals surface area contributed by atoms with Gasteiger partial charge in [-0.15, -0.1) is 0 Å². The molecule has 0 saturated carbocycles. The van der Waals surface area contributed by atoms with Gasteiger partial charge >= 0.3 is 5.97 Å². The molecule has 0 unspecified atom stereocenters. The summed E-state index contributed by atoms with van der Waals surface area (Å²) in [5.74, 6) is 0.506. The lowest BCUT2D eigenvalue weighted by molar-refractivity contribution is -0.139. The Labute approximate surface area is 307 Å². The molecule has 10 heteroatoms. The van der Waals surface area contributed by atoms with Crippen LogP contribution in [0.3, 0.4) is 0 Å². The Balaban J connectivity index is 1.52. The number of rotatable bonds is 9. The zero-order chi connectivity index (χ0) is 35.6. The third-order valence-corrected chi connectivity index (χ3v) is 10.3. The molecule has 8 nitrogen and oxygen atoms in total. The van der Waals surface area contributed by atoms with Gasteiger partial charge in [0.25, 0.3) is 5.56 Å². The summed E-state index contributed by atoms with van der Waals surface area (Å²) in [6.45, 7) is 3.68. The van der Waals surface area contributed by atoms with E-state index in [1.54, 1.807) is 50.8 Å². The van der Waals surface area contributed by atoms with Crippen molar-refractivity contribution in [3.05, 3.63) is 156 Å². The van der Waals surface area contributed by atoms with E-state index in [1.165, 1.54) is 11.3 Å². The normalized spacial score (nSPS) is 14.2. The first kappa shape index (κ1) is 34.0. The Bertz CT molecular complexity index is 2470. The largest absolute Gasteiger partial charge is 0.497 e. The molecule has 0 N–H and O–H groups in total. The third kappa shape index (κ3) is 6.37. The van der Waals surface area contributed by atoms with Crippen molar-refractivity contribution in [3.63, 3.8) is 0 Å². The zero-order valence-corrected chi connectivity index (χ0v) is 30.8. The van der Waals surface area contributed by atoms with E-state index in [-0.39, 0.29) is 17.7 Å². The maximum atomic E-state index is 14.7. The van der Waals surface area contributed by atoms with Crippen LogP contribution in [0.1, 0.15) is 31.0 Å². The first-order chi connectivity index (χ1) is 24.8. The number of nitrogens with zero attached hydrogens (tertiary/aromatic N) is 3. The van der Waals surface area contributed by atoms with Crippen LogP contribution in [0.2, 0.25) is 0 Å². The van der Waals surface area contributed by atoms with Gasteiger partial charge in [0.15, 0.2) is 4.80 Å². The van der Waals surface area contributed by atoms with E-state index in [0.717, 1.165) is 38.2 Å². The number of esters is 1. The molecule has 256 valence electrons. The standard InChI is InChI=1S/C41H34BrN3O5S/c1-5-50-40(47)36-25(2)43-41-45(38(36)32-24-31(48-3)20-21-34(32)49-4)39(46)35(51-41)23-28-22-33(26-12-8-6-9-13-26)44(30-18-16-29(42)17-19-30)37(28)27-14-10-7-11-15-27/h6-24,38H,5H2,1-4H3/b35-23-/t38-/m1/s1. The Morgan fingerprint density at radius 2 is 1.59 bits per heavy atom. The van der Waals surface area contributed by atoms with Gasteiger partial charge in [0.1, 0.15) is 17.5 Å². The average Bonchev–Trinajstić information content (AvgIpc) is 3.68. The minimum Gasteiger partial charge on any atom is -0.497 e. The highest BCUT2D eigenvalue weighted by atomic mass is 79.9. The predicted octanol–water partition coefficient (Wildman–Crippen LogP) is 7.70. The molecule has 7 rings (SSSR count). The minimum atomic E-state index is -0.867. The molecule has 1 aliphatic heterocycles. The lowest BCUT2D eigenvalue weighted by atomic mass is 9.94. The molecular weight excluding hydrogens is 726 g/mol. The predicted molar refractivity (Wildman–Crippen MR) is 204 cm³/mol. The van der Waals surface area contributed by atoms with E-state index in [1.807, 2.05) is 54.6 Å². The Hall–Kier alpha value is -5.45. The lowest BCUT2D eigenvalue weighted by Gasteiger charge is -2.26. The zero-order valence-electron chi connectivity index (χ0n) is 28.4. The molecule has 1 atom stereocenters. The smallest absolute Gasteiger partial charge is 0.338 e. The molecule has 1 aliphatic rings. The number of ether oxygens (including phenoxy) is 3. The summed E-state index contributed by atoms with van der Waals surface area (Å²) in [7, 11) is 3.12. The first-order valence-corrected chi connectivity index (χ1v) is 18.0. The van der Waals surface area contributed by atoms with Crippen molar-refractivity contribution in [1.29, 1.82) is 0 Å². The number of carbonyl (C=O) groups is 1. The van der Waals surface area contributed by atoms with Gasteiger partial charge in [-0.25, -0.2) is 9.79 Å². The summed E-state index contributed by atoms with van der Waals surface area (Å²) in [5, 5.41) is 0. The number of hydrogen-bond acceptors (Lipinski definition) is 7. The molecule has 3 heterocycles. The van der Waals surface area contributed by atoms with E-state index < -0.39 is 12.0 Å². The number of carbonyl (C=O) groups excluding carboxylic acids is 1. The highest BCUT2D eigenvalue weighted by Gasteiger charge is 2.35. The van der Waals surface area contributed by atoms with Crippen molar-refractivity contribution in [2.75, 3.05) is 20.8 Å². The average molecular weight is 761 g/mol. The fraction of sp³-hybridized carbons (Fsp3) is 0.146. The van der Waals surface area contributed by atoms with Crippen LogP contribution in [0, 0.1) is 0 Å². The molecule has 0 fully saturated rings. The van der Waals surface area contributed by atoms with E-state index in [0.29, 0.717) is 32.1 Å². The van der Waals surface area contributed by atoms with Gasteiger partial charge in [-0.1, -0.05) is 87.9 Å². The van der Waals surface area contributed by atoms with Crippen LogP contribution in [0.5, 0.6) is 11.5 Å². The monoisotopic (exact) mass is 759 g/mol. The van der Waals surface area contributed by atoms with Crippen LogP contribution in [0.15, 0.2) is 135 Å². The van der Waals surface area contributed by atoms with Crippen molar-refractivity contribution in [2.24, 2.45) is 4.99 Å². The number of fused-ring (bicyclic) bond motifs is 1. The molecule has 4 aromatic carbocycles. The first-order valence-electron chi connectivity index (χ1n) is 16.4. The van der Waals surface area contributed by atoms with Crippen molar-refractivity contribution >= 4 is 39.3 Å². The van der Waals surface area contributed by atoms with Crippen LogP contribution in [0.25, 0.3) is 34.3 Å². The molecule has 51 heavy (non-hydrogen) atoms. The number of aromatic nitrogens is 2. The van der Waals surface area contributed by atoms with Crippen LogP contribution in [0.4, 0.5) is 0 Å². The molecule has 6 aromatic rings. The summed E-state index contributed by atoms with van der Waals surface area (Å²) in [5.41, 5.74) is 6.75. The number of methoxy groups -OCH3 is 2. The van der Waals surface area contributed by atoms with Gasteiger partial charge in [0.2, 0.25) is 0 Å². The van der Waals surface area contributed by atoms with Crippen LogP contribution < -0.4 is 24.4 Å². The quantitative estimate of drug-likeness (QED) is 0.141. The number of halogens is 1. The second kappa shape index (κ2) is 14.4. The summed E-state index contributed by atoms with van der Waals surface area (Å²) in [6.07, 6.45) is 1.93. The maximum absolute atomic E-state index is 14.7. The van der Waals surface area contributed by atoms with Gasteiger partial charge in [-0.2, -0.15) is 0 Å². The summed E-state index contributed by atoms with van der Waals surface area (Å²) in [4.78, 5) is 33.5. The highest BCUT2D eigenvalue weighted by Crippen LogP contribution is 2.39. The van der Waals surface area contributed by atoms with Crippen molar-refractivity contribution in [2.45, 2.75) is 19.9 Å². The van der Waals surface area contributed by atoms with Gasteiger partial charge in [-0.3, -0.25) is 9.36 Å². The molecular formula is C41H34BrN3O5S. The molecule has 0 radical (unpaired) electrons. The Kier molecular flexibility index (Phi) is 9.62. The summed E-state index contributed by atoms with van der Waals surface area (Å²) >= 11 is 4.86. The minimum absolute atomic E-state index is 0.170. The van der Waals surface area contributed by atoms with Gasteiger partial charge in [0, 0.05) is 21.3 Å². The van der Waals surface area contributed by atoms with Crippen LogP contribution in [-0.2, 0) is 9.53 Å². The number of allylic oxidation sites excluding steroid dienone is 1. The Morgan fingerprint density at radius 1 is 0.902 bits per heavy atom. The van der Waals surface area contributed by atoms with E-state index in [4.69, 9.17) is 19.2 Å². The third-order valence-electron chi connectivity index (χ3n) is 8.77. The molecule has 0 amide bonds. The fourth-order valence-corrected chi connectivity index (χ4v) is 7.79. The number of hydrogen-bond donors (Lipinski definition) is 0. The highest BCUT2D eigenvalue weighted by molar-refractivity contribution is 9.10. The SMILES string of the molecule is CCOC(=O)C1=C(C)N=c2s/c(=C\c3cc(-c4ccccc4)n(-c4ccc(Br)cc4)c3-c3ccccc3)c(=O)n2[C@@H]1c1cc(OC)ccc1OC. The summed E-state index contributed by atoms with van der Waals surface area (Å²) in [6, 6.07) is 35.1. The maximum Gasteiger partial charge on any atom is 0.338 e. The van der Waals surface area contributed by atoms with Crippen molar-refractivity contribution < 1.29 is 19.0 Å². The topological polar surface area (TPSA) is 84.1 Å². The fourth-order valence-electron chi connectivity index (χ4n) is 6.49. The molecule has 0 spiro atoms. The Morgan fingerprint density at radius 3 is 2.24 bits per heavy atom. The molecule has 0 saturated heterocycles. The lowest BCUT2D eigenvalue weighted by Crippen LogP contribution is -2.40. The van der Waals surface area contributed by atoms with Crippen LogP contribution >= 0.6 is 27.3 Å². The second-order valence-electron chi connectivity index (χ2n) is 11.8. The number of thiazole rings is 1. The molecule has 0 aliphatic carbocycles. The van der Waals surface area contributed by atoms with Crippen molar-refractivity contribution in [3.8, 4) is 39.7 Å². The molecule has 0 bridgehead atoms.